The fourth-order valence-corrected chi connectivity index (χ4v) is 8.55. The van der Waals surface area contributed by atoms with E-state index in [-0.39, 0.29) is 17.4 Å². The zero-order valence-corrected chi connectivity index (χ0v) is 23.8. The van der Waals surface area contributed by atoms with Crippen molar-refractivity contribution in [1.29, 1.82) is 0 Å². The number of fused-ring (bicyclic) bond motifs is 2. The average Bonchev–Trinajstić information content (AvgIpc) is 3.06. The molecule has 3 heterocycles. The quantitative estimate of drug-likeness (QED) is 0.530. The Bertz CT molecular complexity index is 1080. The van der Waals surface area contributed by atoms with Gasteiger partial charge in [0, 0.05) is 37.9 Å². The van der Waals surface area contributed by atoms with Crippen LogP contribution in [0.1, 0.15) is 57.9 Å². The number of hydrogen-bond acceptors (Lipinski definition) is 5. The maximum atomic E-state index is 14.0. The molecule has 5 rings (SSSR count). The SMILES string of the molecule is CC(C)C1CCC(N2CCC3(CC2)C(=O)N(CCN2CCS(=O)(=O)CC2)c2cc(Cl)c(Cl)cc23)CC1. The van der Waals surface area contributed by atoms with Crippen molar-refractivity contribution in [3.8, 4) is 0 Å². The predicted molar refractivity (Wildman–Crippen MR) is 147 cm³/mol. The molecule has 0 bridgehead atoms. The summed E-state index contributed by atoms with van der Waals surface area (Å²) in [6.07, 6.45) is 6.76. The summed E-state index contributed by atoms with van der Waals surface area (Å²) in [6, 6.07) is 4.41. The van der Waals surface area contributed by atoms with E-state index < -0.39 is 15.3 Å². The number of sulfone groups is 1. The number of likely N-dealkylation sites (tertiary alicyclic amines) is 1. The Hall–Kier alpha value is -0.860. The third kappa shape index (κ3) is 5.07. The van der Waals surface area contributed by atoms with Crippen LogP contribution in [0.3, 0.4) is 0 Å². The van der Waals surface area contributed by atoms with E-state index in [9.17, 15) is 13.2 Å². The van der Waals surface area contributed by atoms with Crippen LogP contribution in [0, 0.1) is 11.8 Å². The van der Waals surface area contributed by atoms with Gasteiger partial charge in [0.2, 0.25) is 5.91 Å². The Kier molecular flexibility index (Phi) is 7.70. The van der Waals surface area contributed by atoms with Crippen LogP contribution in [-0.4, -0.2) is 80.9 Å². The number of halogens is 2. The summed E-state index contributed by atoms with van der Waals surface area (Å²) in [5.41, 5.74) is 1.36. The van der Waals surface area contributed by atoms with Crippen molar-refractivity contribution in [2.45, 2.75) is 63.8 Å². The van der Waals surface area contributed by atoms with Gasteiger partial charge in [-0.15, -0.1) is 0 Å². The number of hydrogen-bond donors (Lipinski definition) is 0. The van der Waals surface area contributed by atoms with E-state index in [0.29, 0.717) is 42.3 Å². The second-order valence-corrected chi connectivity index (χ2v) is 14.8. The summed E-state index contributed by atoms with van der Waals surface area (Å²) < 4.78 is 23.6. The van der Waals surface area contributed by atoms with E-state index in [1.807, 2.05) is 17.0 Å². The Morgan fingerprint density at radius 3 is 2.17 bits per heavy atom. The van der Waals surface area contributed by atoms with Crippen molar-refractivity contribution in [3.05, 3.63) is 27.7 Å². The number of nitrogens with zero attached hydrogens (tertiary/aromatic N) is 3. The summed E-state index contributed by atoms with van der Waals surface area (Å²) in [7, 11) is -2.93. The highest BCUT2D eigenvalue weighted by Gasteiger charge is 2.52. The fourth-order valence-electron chi connectivity index (χ4n) is 6.95. The van der Waals surface area contributed by atoms with Crippen molar-refractivity contribution >= 4 is 44.6 Å². The van der Waals surface area contributed by atoms with Crippen LogP contribution < -0.4 is 4.90 Å². The minimum Gasteiger partial charge on any atom is -0.310 e. The lowest BCUT2D eigenvalue weighted by Gasteiger charge is -2.44. The topological polar surface area (TPSA) is 60.9 Å². The smallest absolute Gasteiger partial charge is 0.237 e. The molecular formula is C27H39Cl2N3O3S. The number of anilines is 1. The molecular weight excluding hydrogens is 517 g/mol. The first kappa shape index (κ1) is 26.7. The van der Waals surface area contributed by atoms with Crippen LogP contribution >= 0.6 is 23.2 Å². The summed E-state index contributed by atoms with van der Waals surface area (Å²) in [4.78, 5) is 20.7. The molecule has 0 N–H and O–H groups in total. The molecule has 4 aliphatic rings. The summed E-state index contributed by atoms with van der Waals surface area (Å²) >= 11 is 12.9. The highest BCUT2D eigenvalue weighted by molar-refractivity contribution is 7.91. The molecule has 1 spiro atoms. The van der Waals surface area contributed by atoms with Crippen LogP contribution in [0.4, 0.5) is 5.69 Å². The maximum Gasteiger partial charge on any atom is 0.237 e. The molecule has 1 saturated carbocycles. The van der Waals surface area contributed by atoms with E-state index >= 15 is 0 Å². The molecule has 9 heteroatoms. The molecule has 1 aromatic rings. The molecule has 1 amide bonds. The highest BCUT2D eigenvalue weighted by atomic mass is 35.5. The number of carbonyl (C=O) groups excluding carboxylic acids is 1. The van der Waals surface area contributed by atoms with Crippen LogP contribution in [-0.2, 0) is 20.0 Å². The molecule has 36 heavy (non-hydrogen) atoms. The van der Waals surface area contributed by atoms with Gasteiger partial charge in [-0.3, -0.25) is 9.69 Å². The molecule has 0 unspecified atom stereocenters. The number of amides is 1. The molecule has 1 aliphatic carbocycles. The van der Waals surface area contributed by atoms with Crippen molar-refractivity contribution in [1.82, 2.24) is 9.80 Å². The fraction of sp³-hybridized carbons (Fsp3) is 0.741. The third-order valence-electron chi connectivity index (χ3n) is 9.43. The van der Waals surface area contributed by atoms with Crippen LogP contribution in [0.5, 0.6) is 0 Å². The third-order valence-corrected chi connectivity index (χ3v) is 11.8. The Labute approximate surface area is 226 Å². The van der Waals surface area contributed by atoms with Gasteiger partial charge in [-0.05, 0) is 81.1 Å². The molecule has 1 aromatic carbocycles. The predicted octanol–water partition coefficient (Wildman–Crippen LogP) is 4.62. The lowest BCUT2D eigenvalue weighted by atomic mass is 9.72. The number of rotatable bonds is 5. The summed E-state index contributed by atoms with van der Waals surface area (Å²) in [5, 5.41) is 0.966. The molecule has 3 fully saturated rings. The van der Waals surface area contributed by atoms with E-state index in [1.165, 1.54) is 25.7 Å². The van der Waals surface area contributed by atoms with Gasteiger partial charge < -0.3 is 9.80 Å². The summed E-state index contributed by atoms with van der Waals surface area (Å²) in [6.45, 7) is 8.79. The normalized spacial score (nSPS) is 28.7. The van der Waals surface area contributed by atoms with Crippen LogP contribution in [0.15, 0.2) is 12.1 Å². The van der Waals surface area contributed by atoms with E-state index in [1.54, 1.807) is 0 Å². The Morgan fingerprint density at radius 1 is 0.944 bits per heavy atom. The first-order chi connectivity index (χ1) is 17.1. The van der Waals surface area contributed by atoms with Gasteiger partial charge in [0.25, 0.3) is 0 Å². The molecule has 3 aliphatic heterocycles. The summed E-state index contributed by atoms with van der Waals surface area (Å²) in [5.74, 6) is 2.15. The minimum atomic E-state index is -2.93. The van der Waals surface area contributed by atoms with E-state index in [0.717, 1.165) is 49.0 Å². The van der Waals surface area contributed by atoms with Crippen molar-refractivity contribution < 1.29 is 13.2 Å². The van der Waals surface area contributed by atoms with Crippen molar-refractivity contribution in [3.63, 3.8) is 0 Å². The number of carbonyl (C=O) groups is 1. The standard InChI is InChI=1S/C27H39Cl2N3O3S/c1-19(2)20-3-5-21(6-4-20)31-9-7-27(8-10-31)22-17-23(28)24(29)18-25(22)32(26(27)33)12-11-30-13-15-36(34,35)16-14-30/h17-21H,3-16H2,1-2H3. The number of benzene rings is 1. The van der Waals surface area contributed by atoms with Gasteiger partial charge in [-0.25, -0.2) is 8.42 Å². The zero-order chi connectivity index (χ0) is 25.7. The van der Waals surface area contributed by atoms with Crippen molar-refractivity contribution in [2.24, 2.45) is 11.8 Å². The molecule has 0 atom stereocenters. The number of piperidine rings is 1. The second-order valence-electron chi connectivity index (χ2n) is 11.7. The van der Waals surface area contributed by atoms with Gasteiger partial charge in [-0.2, -0.15) is 0 Å². The molecule has 0 aromatic heterocycles. The van der Waals surface area contributed by atoms with Gasteiger partial charge in [0.15, 0.2) is 9.84 Å². The average molecular weight is 557 g/mol. The Balaban J connectivity index is 1.30. The molecule has 6 nitrogen and oxygen atoms in total. The highest BCUT2D eigenvalue weighted by Crippen LogP contribution is 2.50. The maximum absolute atomic E-state index is 14.0. The molecule has 2 saturated heterocycles. The monoisotopic (exact) mass is 555 g/mol. The first-order valence-corrected chi connectivity index (χ1v) is 16.2. The Morgan fingerprint density at radius 2 is 1.56 bits per heavy atom. The van der Waals surface area contributed by atoms with Crippen molar-refractivity contribution in [2.75, 3.05) is 55.7 Å². The van der Waals surface area contributed by atoms with Gasteiger partial charge in [-0.1, -0.05) is 37.0 Å². The van der Waals surface area contributed by atoms with Gasteiger partial charge in [0.1, 0.15) is 0 Å². The lowest BCUT2D eigenvalue weighted by Crippen LogP contribution is -2.52. The van der Waals surface area contributed by atoms with Gasteiger partial charge in [0.05, 0.1) is 27.0 Å². The van der Waals surface area contributed by atoms with E-state index in [2.05, 4.69) is 23.6 Å². The molecule has 200 valence electrons. The van der Waals surface area contributed by atoms with E-state index in [4.69, 9.17) is 23.2 Å². The first-order valence-electron chi connectivity index (χ1n) is 13.6. The zero-order valence-electron chi connectivity index (χ0n) is 21.5. The minimum absolute atomic E-state index is 0.156. The largest absolute Gasteiger partial charge is 0.310 e. The van der Waals surface area contributed by atoms with Gasteiger partial charge >= 0.3 is 0 Å². The van der Waals surface area contributed by atoms with Crippen LogP contribution in [0.25, 0.3) is 0 Å². The second kappa shape index (κ2) is 10.4. The lowest BCUT2D eigenvalue weighted by molar-refractivity contribution is -0.125. The molecule has 0 radical (unpaired) electrons. The van der Waals surface area contributed by atoms with Crippen LogP contribution in [0.2, 0.25) is 10.0 Å².